The van der Waals surface area contributed by atoms with Crippen LogP contribution in [0.15, 0.2) is 12.4 Å². The van der Waals surface area contributed by atoms with Gasteiger partial charge in [-0.3, -0.25) is 9.48 Å². The Hall–Kier alpha value is -1.93. The van der Waals surface area contributed by atoms with Gasteiger partial charge in [-0.15, -0.1) is 0 Å². The number of rotatable bonds is 4. The molecule has 1 saturated heterocycles. The standard InChI is InChI=1S/C11H16N4O4/c1-15-3-6(2-13-15)9(11(17)18)14-10(16)7-4-19-5-8(7)12/h2-3,7-9H,4-5,12H2,1H3,(H,14,16)(H,17,18). The van der Waals surface area contributed by atoms with Crippen molar-refractivity contribution in [3.63, 3.8) is 0 Å². The van der Waals surface area contributed by atoms with Crippen LogP contribution in [0.1, 0.15) is 11.6 Å². The molecule has 3 atom stereocenters. The second kappa shape index (κ2) is 5.37. The average molecular weight is 268 g/mol. The van der Waals surface area contributed by atoms with Crippen LogP contribution in [0.2, 0.25) is 0 Å². The molecule has 3 unspecified atom stereocenters. The number of nitrogens with zero attached hydrogens (tertiary/aromatic N) is 2. The molecule has 2 rings (SSSR count). The van der Waals surface area contributed by atoms with Gasteiger partial charge in [0.2, 0.25) is 5.91 Å². The summed E-state index contributed by atoms with van der Waals surface area (Å²) in [5, 5.41) is 15.5. The summed E-state index contributed by atoms with van der Waals surface area (Å²) in [6.07, 6.45) is 2.95. The van der Waals surface area contributed by atoms with Crippen LogP contribution in [0.25, 0.3) is 0 Å². The molecule has 1 fully saturated rings. The van der Waals surface area contributed by atoms with Gasteiger partial charge in [-0.05, 0) is 0 Å². The Morgan fingerprint density at radius 3 is 2.84 bits per heavy atom. The maximum Gasteiger partial charge on any atom is 0.331 e. The zero-order valence-electron chi connectivity index (χ0n) is 10.4. The first kappa shape index (κ1) is 13.5. The lowest BCUT2D eigenvalue weighted by Crippen LogP contribution is -2.44. The van der Waals surface area contributed by atoms with Crippen molar-refractivity contribution in [2.45, 2.75) is 12.1 Å². The fourth-order valence-electron chi connectivity index (χ4n) is 1.97. The number of carboxylic acid groups (broad SMARTS) is 1. The Balaban J connectivity index is 2.09. The van der Waals surface area contributed by atoms with Gasteiger partial charge in [0.25, 0.3) is 0 Å². The number of ether oxygens (including phenoxy) is 1. The van der Waals surface area contributed by atoms with Crippen LogP contribution in [-0.4, -0.2) is 46.0 Å². The molecule has 0 aliphatic carbocycles. The van der Waals surface area contributed by atoms with Crippen molar-refractivity contribution in [1.29, 1.82) is 0 Å². The summed E-state index contributed by atoms with van der Waals surface area (Å²) in [5.74, 6) is -2.08. The number of carboxylic acids is 1. The van der Waals surface area contributed by atoms with Crippen LogP contribution in [-0.2, 0) is 21.4 Å². The Kier molecular flexibility index (Phi) is 3.82. The molecule has 0 radical (unpaired) electrons. The predicted octanol–water partition coefficient (Wildman–Crippen LogP) is -1.36. The fraction of sp³-hybridized carbons (Fsp3) is 0.545. The van der Waals surface area contributed by atoms with Crippen molar-refractivity contribution >= 4 is 11.9 Å². The quantitative estimate of drug-likeness (QED) is 0.620. The molecule has 8 nitrogen and oxygen atoms in total. The van der Waals surface area contributed by atoms with Crippen LogP contribution < -0.4 is 11.1 Å². The summed E-state index contributed by atoms with van der Waals surface area (Å²) in [7, 11) is 1.67. The zero-order chi connectivity index (χ0) is 14.0. The Labute approximate surface area is 109 Å². The highest BCUT2D eigenvalue weighted by Gasteiger charge is 2.34. The second-order valence-corrected chi connectivity index (χ2v) is 4.53. The summed E-state index contributed by atoms with van der Waals surface area (Å²) in [5.41, 5.74) is 6.14. The number of carbonyl (C=O) groups excluding carboxylic acids is 1. The van der Waals surface area contributed by atoms with E-state index in [1.54, 1.807) is 13.2 Å². The van der Waals surface area contributed by atoms with E-state index < -0.39 is 29.9 Å². The van der Waals surface area contributed by atoms with Gasteiger partial charge in [0, 0.05) is 24.8 Å². The molecule has 0 spiro atoms. The van der Waals surface area contributed by atoms with Crippen molar-refractivity contribution in [2.24, 2.45) is 18.7 Å². The zero-order valence-corrected chi connectivity index (χ0v) is 10.4. The van der Waals surface area contributed by atoms with E-state index in [0.29, 0.717) is 12.2 Å². The fourth-order valence-corrected chi connectivity index (χ4v) is 1.97. The SMILES string of the molecule is Cn1cc(C(NC(=O)C2COCC2N)C(=O)O)cn1. The van der Waals surface area contributed by atoms with Crippen molar-refractivity contribution in [3.05, 3.63) is 18.0 Å². The topological polar surface area (TPSA) is 119 Å². The molecule has 1 amide bonds. The van der Waals surface area contributed by atoms with E-state index in [-0.39, 0.29) is 6.61 Å². The number of carbonyl (C=O) groups is 2. The minimum absolute atomic E-state index is 0.215. The molecule has 0 aromatic carbocycles. The number of hydrogen-bond donors (Lipinski definition) is 3. The van der Waals surface area contributed by atoms with Gasteiger partial charge in [-0.2, -0.15) is 5.10 Å². The minimum atomic E-state index is -1.14. The van der Waals surface area contributed by atoms with Gasteiger partial charge in [-0.25, -0.2) is 4.79 Å². The second-order valence-electron chi connectivity index (χ2n) is 4.53. The number of aryl methyl sites for hydroxylation is 1. The largest absolute Gasteiger partial charge is 0.479 e. The van der Waals surface area contributed by atoms with Crippen LogP contribution in [0, 0.1) is 5.92 Å². The first-order valence-corrected chi connectivity index (χ1v) is 5.84. The van der Waals surface area contributed by atoms with E-state index >= 15 is 0 Å². The smallest absolute Gasteiger partial charge is 0.331 e. The summed E-state index contributed by atoms with van der Waals surface area (Å²) < 4.78 is 6.57. The van der Waals surface area contributed by atoms with E-state index in [4.69, 9.17) is 10.5 Å². The first-order valence-electron chi connectivity index (χ1n) is 5.84. The Morgan fingerprint density at radius 1 is 1.63 bits per heavy atom. The lowest BCUT2D eigenvalue weighted by atomic mass is 10.0. The van der Waals surface area contributed by atoms with Crippen molar-refractivity contribution in [1.82, 2.24) is 15.1 Å². The highest BCUT2D eigenvalue weighted by Crippen LogP contribution is 2.16. The summed E-state index contributed by atoms with van der Waals surface area (Å²) in [4.78, 5) is 23.2. The van der Waals surface area contributed by atoms with Crippen LogP contribution in [0.3, 0.4) is 0 Å². The molecular formula is C11H16N4O4. The molecule has 0 bridgehead atoms. The molecule has 2 heterocycles. The molecule has 1 aliphatic heterocycles. The van der Waals surface area contributed by atoms with E-state index in [0.717, 1.165) is 0 Å². The number of aromatic nitrogens is 2. The number of nitrogens with two attached hydrogens (primary N) is 1. The Morgan fingerprint density at radius 2 is 2.37 bits per heavy atom. The van der Waals surface area contributed by atoms with E-state index in [2.05, 4.69) is 10.4 Å². The molecule has 8 heteroatoms. The third-order valence-electron chi connectivity index (χ3n) is 3.05. The van der Waals surface area contributed by atoms with Crippen LogP contribution in [0.5, 0.6) is 0 Å². The molecule has 1 aromatic heterocycles. The normalized spacial score (nSPS) is 24.1. The maximum absolute atomic E-state index is 12.0. The predicted molar refractivity (Wildman–Crippen MR) is 64.0 cm³/mol. The number of nitrogens with one attached hydrogen (secondary N) is 1. The van der Waals surface area contributed by atoms with Gasteiger partial charge in [0.05, 0.1) is 25.3 Å². The maximum atomic E-state index is 12.0. The molecule has 1 aromatic rings. The van der Waals surface area contributed by atoms with E-state index in [1.807, 2.05) is 0 Å². The Bertz CT molecular complexity index is 487. The summed E-state index contributed by atoms with van der Waals surface area (Å²) in [6, 6.07) is -1.53. The number of amides is 1. The molecule has 1 aliphatic rings. The van der Waals surface area contributed by atoms with Gasteiger partial charge < -0.3 is 20.9 Å². The van der Waals surface area contributed by atoms with Gasteiger partial charge >= 0.3 is 5.97 Å². The third kappa shape index (κ3) is 2.91. The minimum Gasteiger partial charge on any atom is -0.479 e. The lowest BCUT2D eigenvalue weighted by molar-refractivity contribution is -0.142. The van der Waals surface area contributed by atoms with E-state index in [9.17, 15) is 14.7 Å². The molecule has 19 heavy (non-hydrogen) atoms. The van der Waals surface area contributed by atoms with Gasteiger partial charge in [0.15, 0.2) is 6.04 Å². The molecule has 0 saturated carbocycles. The summed E-state index contributed by atoms with van der Waals surface area (Å²) in [6.45, 7) is 0.523. The summed E-state index contributed by atoms with van der Waals surface area (Å²) >= 11 is 0. The number of hydrogen-bond acceptors (Lipinski definition) is 5. The van der Waals surface area contributed by atoms with E-state index in [1.165, 1.54) is 10.9 Å². The lowest BCUT2D eigenvalue weighted by Gasteiger charge is -2.17. The molecule has 4 N–H and O–H groups in total. The average Bonchev–Trinajstić information content (AvgIpc) is 2.94. The van der Waals surface area contributed by atoms with Gasteiger partial charge in [0.1, 0.15) is 0 Å². The third-order valence-corrected chi connectivity index (χ3v) is 3.05. The monoisotopic (exact) mass is 268 g/mol. The highest BCUT2D eigenvalue weighted by molar-refractivity contribution is 5.86. The number of aliphatic carboxylic acids is 1. The first-order chi connectivity index (χ1) is 8.99. The van der Waals surface area contributed by atoms with Crippen molar-refractivity contribution in [2.75, 3.05) is 13.2 Å². The molecule has 104 valence electrons. The van der Waals surface area contributed by atoms with Crippen LogP contribution >= 0.6 is 0 Å². The highest BCUT2D eigenvalue weighted by atomic mass is 16.5. The molecular weight excluding hydrogens is 252 g/mol. The van der Waals surface area contributed by atoms with Crippen molar-refractivity contribution in [3.8, 4) is 0 Å². The van der Waals surface area contributed by atoms with Crippen molar-refractivity contribution < 1.29 is 19.4 Å². The van der Waals surface area contributed by atoms with Gasteiger partial charge in [-0.1, -0.05) is 0 Å². The van der Waals surface area contributed by atoms with Crippen LogP contribution in [0.4, 0.5) is 0 Å².